The van der Waals surface area contributed by atoms with Crippen molar-refractivity contribution < 1.29 is 52.2 Å². The quantitative estimate of drug-likeness (QED) is 0.0197. The van der Waals surface area contributed by atoms with Gasteiger partial charge >= 0.3 is 25.7 Å². The molecule has 0 aromatic rings. The van der Waals surface area contributed by atoms with E-state index in [0.717, 1.165) is 89.9 Å². The maximum atomic E-state index is 12.9. The molecule has 0 aromatic heterocycles. The van der Waals surface area contributed by atoms with Gasteiger partial charge in [0.2, 0.25) is 0 Å². The largest absolute Gasteiger partial charge is 0.472 e. The topological polar surface area (TPSA) is 155 Å². The van der Waals surface area contributed by atoms with Gasteiger partial charge in [0.1, 0.15) is 12.7 Å². The zero-order chi connectivity index (χ0) is 58.3. The van der Waals surface area contributed by atoms with Gasteiger partial charge in [0.25, 0.3) is 0 Å². The number of carbonyl (C=O) groups excluding carboxylic acids is 3. The molecule has 0 bridgehead atoms. The summed E-state index contributed by atoms with van der Waals surface area (Å²) in [5.74, 6) is -1.72. The lowest BCUT2D eigenvalue weighted by molar-refractivity contribution is -0.161. The van der Waals surface area contributed by atoms with Gasteiger partial charge in [-0.3, -0.25) is 23.4 Å². The van der Waals surface area contributed by atoms with Crippen LogP contribution in [0.1, 0.15) is 226 Å². The predicted octanol–water partition coefficient (Wildman–Crippen LogP) is 18.7. The summed E-state index contributed by atoms with van der Waals surface area (Å²) in [6, 6.07) is 0. The molecule has 0 radical (unpaired) electrons. The summed E-state index contributed by atoms with van der Waals surface area (Å²) in [4.78, 5) is 48.6. The second-order valence-corrected chi connectivity index (χ2v) is 21.2. The molecule has 12 heteroatoms. The first kappa shape index (κ1) is 75.4. The Hall–Kier alpha value is -4.64. The molecule has 0 saturated carbocycles. The van der Waals surface area contributed by atoms with E-state index >= 15 is 0 Å². The summed E-state index contributed by atoms with van der Waals surface area (Å²) in [7, 11) is -4.80. The average Bonchev–Trinajstić information content (AvgIpc) is 3.45. The number of carbonyl (C=O) groups is 3. The number of rotatable bonds is 55. The van der Waals surface area contributed by atoms with Gasteiger partial charge in [-0.2, -0.15) is 0 Å². The van der Waals surface area contributed by atoms with Crippen LogP contribution in [0.15, 0.2) is 146 Å². The number of hydrogen-bond donors (Lipinski definition) is 2. The fourth-order valence-corrected chi connectivity index (χ4v) is 8.47. The van der Waals surface area contributed by atoms with Crippen molar-refractivity contribution in [2.75, 3.05) is 26.4 Å². The van der Waals surface area contributed by atoms with Crippen molar-refractivity contribution in [2.24, 2.45) is 0 Å². The molecule has 0 aliphatic heterocycles. The Morgan fingerprint density at radius 1 is 0.375 bits per heavy atom. The lowest BCUT2D eigenvalue weighted by Crippen LogP contribution is -2.30. The monoisotopic (exact) mass is 1130 g/mol. The second-order valence-electron chi connectivity index (χ2n) is 19.8. The lowest BCUT2D eigenvalue weighted by Gasteiger charge is -2.21. The number of phosphoric ester groups is 1. The number of phosphoric acid groups is 1. The molecule has 3 atom stereocenters. The molecular weight excluding hydrogens is 1020 g/mol. The number of unbranched alkanes of at least 4 members (excludes halogenated alkanes) is 15. The third-order valence-corrected chi connectivity index (χ3v) is 13.2. The highest BCUT2D eigenvalue weighted by molar-refractivity contribution is 7.47. The molecule has 0 aliphatic carbocycles. The Balaban J connectivity index is 4.91. The van der Waals surface area contributed by atoms with E-state index < -0.39 is 64.4 Å². The molecule has 2 N–H and O–H groups in total. The number of allylic oxidation sites excluding steroid dienone is 23. The standard InChI is InChI=1S/C68H109O11P/c1-4-7-10-13-16-19-22-25-28-30-32-34-37-39-42-45-48-51-54-57-66(70)75-61-65(79-68(72)59-56-53-50-47-44-41-38-35-33-31-29-26-23-20-17-14-11-8-5-2)63-77-80(73,74)76-62-64(60-69)78-67(71)58-55-52-49-46-43-40-36-27-24-21-18-15-12-9-6-3/h7,9-10,12,16,18-19,21,25-29,32,34,36,39,42-43,46,48,51-52,55,64-65,69H,4-6,8,11,13-15,17,20,22-24,30-31,33,35,37-38,40-41,44-45,47,49-50,53-54,56-63H2,1-3H3,(H,73,74)/b10-7-,12-9-,19-16-,21-18-,28-25-,29-26-,34-32-,36-27-,42-39-,46-43-,51-48-,55-52-. The van der Waals surface area contributed by atoms with Gasteiger partial charge in [-0.05, 0) is 109 Å². The lowest BCUT2D eigenvalue weighted by atomic mass is 10.1. The zero-order valence-electron chi connectivity index (χ0n) is 50.0. The summed E-state index contributed by atoms with van der Waals surface area (Å²) in [5, 5.41) is 9.81. The fourth-order valence-electron chi connectivity index (χ4n) is 7.69. The van der Waals surface area contributed by atoms with Crippen LogP contribution >= 0.6 is 7.82 Å². The van der Waals surface area contributed by atoms with Crippen LogP contribution < -0.4 is 0 Å². The third kappa shape index (κ3) is 58.0. The minimum absolute atomic E-state index is 0.0671. The van der Waals surface area contributed by atoms with Gasteiger partial charge in [0, 0.05) is 12.8 Å². The number of hydrogen-bond acceptors (Lipinski definition) is 10. The molecule has 0 spiro atoms. The molecule has 80 heavy (non-hydrogen) atoms. The molecule has 11 nitrogen and oxygen atoms in total. The minimum atomic E-state index is -4.80. The number of aliphatic hydroxyl groups excluding tert-OH is 1. The maximum Gasteiger partial charge on any atom is 0.472 e. The van der Waals surface area contributed by atoms with Crippen molar-refractivity contribution in [1.29, 1.82) is 0 Å². The van der Waals surface area contributed by atoms with Crippen LogP contribution in [0.5, 0.6) is 0 Å². The van der Waals surface area contributed by atoms with Crippen LogP contribution in [0.25, 0.3) is 0 Å². The minimum Gasteiger partial charge on any atom is -0.462 e. The molecular formula is C68H109O11P. The molecule has 0 saturated heterocycles. The maximum absolute atomic E-state index is 12.9. The Bertz CT molecular complexity index is 1900. The van der Waals surface area contributed by atoms with Gasteiger partial charge in [0.15, 0.2) is 6.10 Å². The molecule has 0 fully saturated rings. The van der Waals surface area contributed by atoms with Gasteiger partial charge in [0.05, 0.1) is 26.2 Å². The molecule has 0 heterocycles. The predicted molar refractivity (Wildman–Crippen MR) is 334 cm³/mol. The SMILES string of the molecule is CC/C=C\C/C=C\C/C=C\C/C=C\C/C=C\C/C=C\CCC(=O)OCC(COP(=O)(O)OCC(CO)OC(=O)C/C=C\C/C=C\C/C=C\C/C=C\C/C=C\CC)OC(=O)CCCCCCCCCCC/C=C\CCCCCCCC. The van der Waals surface area contributed by atoms with Crippen molar-refractivity contribution in [3.63, 3.8) is 0 Å². The summed E-state index contributed by atoms with van der Waals surface area (Å²) < 4.78 is 39.4. The summed E-state index contributed by atoms with van der Waals surface area (Å²) in [6.45, 7) is 4.21. The van der Waals surface area contributed by atoms with E-state index in [-0.39, 0.29) is 19.3 Å². The van der Waals surface area contributed by atoms with Crippen molar-refractivity contribution in [3.05, 3.63) is 146 Å². The highest BCUT2D eigenvalue weighted by Gasteiger charge is 2.28. The van der Waals surface area contributed by atoms with Gasteiger partial charge < -0.3 is 24.2 Å². The Morgan fingerprint density at radius 3 is 1.15 bits per heavy atom. The summed E-state index contributed by atoms with van der Waals surface area (Å²) in [5.41, 5.74) is 0. The van der Waals surface area contributed by atoms with Crippen LogP contribution in [0.4, 0.5) is 0 Å². The molecule has 3 unspecified atom stereocenters. The number of aliphatic hydroxyl groups is 1. The summed E-state index contributed by atoms with van der Waals surface area (Å²) in [6.07, 6.45) is 78.5. The molecule has 0 aliphatic rings. The van der Waals surface area contributed by atoms with E-state index in [2.05, 4.69) is 130 Å². The smallest absolute Gasteiger partial charge is 0.462 e. The molecule has 0 amide bonds. The molecule has 452 valence electrons. The first-order valence-electron chi connectivity index (χ1n) is 30.7. The fraction of sp³-hybridized carbons (Fsp3) is 0.603. The van der Waals surface area contributed by atoms with E-state index in [1.54, 1.807) is 6.08 Å². The summed E-state index contributed by atoms with van der Waals surface area (Å²) >= 11 is 0. The van der Waals surface area contributed by atoms with Crippen LogP contribution in [0, 0.1) is 0 Å². The number of ether oxygens (including phenoxy) is 3. The zero-order valence-corrected chi connectivity index (χ0v) is 50.9. The molecule has 0 aromatic carbocycles. The highest BCUT2D eigenvalue weighted by atomic mass is 31.2. The third-order valence-electron chi connectivity index (χ3n) is 12.3. The van der Waals surface area contributed by atoms with Crippen molar-refractivity contribution >= 4 is 25.7 Å². The van der Waals surface area contributed by atoms with Crippen molar-refractivity contribution in [3.8, 4) is 0 Å². The van der Waals surface area contributed by atoms with Gasteiger partial charge in [-0.1, -0.05) is 244 Å². The Morgan fingerprint density at radius 2 is 0.725 bits per heavy atom. The van der Waals surface area contributed by atoms with Gasteiger partial charge in [-0.15, -0.1) is 0 Å². The highest BCUT2D eigenvalue weighted by Crippen LogP contribution is 2.43. The van der Waals surface area contributed by atoms with Crippen LogP contribution in [-0.4, -0.2) is 66.5 Å². The van der Waals surface area contributed by atoms with E-state index in [4.69, 9.17) is 23.3 Å². The second kappa shape index (κ2) is 60.5. The van der Waals surface area contributed by atoms with E-state index in [0.29, 0.717) is 19.3 Å². The van der Waals surface area contributed by atoms with Crippen molar-refractivity contribution in [1.82, 2.24) is 0 Å². The Labute approximate surface area is 486 Å². The van der Waals surface area contributed by atoms with Crippen LogP contribution in [0.3, 0.4) is 0 Å². The first-order chi connectivity index (χ1) is 39.2. The van der Waals surface area contributed by atoms with Gasteiger partial charge in [-0.25, -0.2) is 4.57 Å². The van der Waals surface area contributed by atoms with E-state index in [1.165, 1.54) is 77.0 Å². The Kier molecular flexibility index (Phi) is 56.9. The molecule has 0 rings (SSSR count). The first-order valence-corrected chi connectivity index (χ1v) is 32.2. The number of esters is 3. The normalized spacial score (nSPS) is 14.3. The average molecular weight is 1130 g/mol. The van der Waals surface area contributed by atoms with Crippen LogP contribution in [0.2, 0.25) is 0 Å². The van der Waals surface area contributed by atoms with Crippen LogP contribution in [-0.2, 0) is 42.2 Å². The van der Waals surface area contributed by atoms with E-state index in [9.17, 15) is 28.9 Å². The van der Waals surface area contributed by atoms with E-state index in [1.807, 2.05) is 30.4 Å². The van der Waals surface area contributed by atoms with Crippen molar-refractivity contribution in [2.45, 2.75) is 238 Å².